The number of alkyl halides is 6. The molecule has 2 aliphatic rings. The summed E-state index contributed by atoms with van der Waals surface area (Å²) in [7, 11) is 0. The fourth-order valence-corrected chi connectivity index (χ4v) is 3.46. The van der Waals surface area contributed by atoms with Crippen molar-refractivity contribution >= 4 is 11.9 Å². The Hall–Kier alpha value is -3.40. The smallest absolute Gasteiger partial charge is 0.475 e. The molecule has 9 nitrogen and oxygen atoms in total. The number of likely N-dealkylation sites (tertiary alicyclic amines) is 1. The normalized spacial score (nSPS) is 21.5. The van der Waals surface area contributed by atoms with E-state index in [9.17, 15) is 30.7 Å². The van der Waals surface area contributed by atoms with Gasteiger partial charge in [0.25, 0.3) is 5.88 Å². The SMILES string of the molecule is Fc1cccnc1O[C@H]1CO[C@@]2(CCN(Cc3ccco3)C2)C1.O=C(O)C(F)(F)F.O=C(O)C(F)(F)F. The Kier molecular flexibility index (Phi) is 9.86. The van der Waals surface area contributed by atoms with Gasteiger partial charge in [0.1, 0.15) is 11.9 Å². The Bertz CT molecular complexity index is 1010. The van der Waals surface area contributed by atoms with E-state index in [4.69, 9.17) is 33.7 Å². The third-order valence-corrected chi connectivity index (χ3v) is 5.02. The van der Waals surface area contributed by atoms with Gasteiger partial charge in [0.15, 0.2) is 5.82 Å². The van der Waals surface area contributed by atoms with Gasteiger partial charge in [-0.3, -0.25) is 4.90 Å². The maximum absolute atomic E-state index is 13.6. The molecule has 0 amide bonds. The first-order chi connectivity index (χ1) is 17.1. The van der Waals surface area contributed by atoms with Crippen LogP contribution in [0.5, 0.6) is 5.88 Å². The van der Waals surface area contributed by atoms with E-state index in [1.165, 1.54) is 12.3 Å². The number of carboxylic acids is 2. The van der Waals surface area contributed by atoms with Crippen LogP contribution >= 0.6 is 0 Å². The lowest BCUT2D eigenvalue weighted by Gasteiger charge is -2.23. The second-order valence-corrected chi connectivity index (χ2v) is 7.87. The summed E-state index contributed by atoms with van der Waals surface area (Å²) in [6.07, 6.45) is -5.37. The van der Waals surface area contributed by atoms with E-state index in [1.54, 1.807) is 12.3 Å². The Morgan fingerprint density at radius 3 is 2.24 bits per heavy atom. The van der Waals surface area contributed by atoms with E-state index in [0.717, 1.165) is 38.2 Å². The van der Waals surface area contributed by atoms with Crippen LogP contribution in [0.25, 0.3) is 0 Å². The van der Waals surface area contributed by atoms with Gasteiger partial charge in [0.05, 0.1) is 25.0 Å². The lowest BCUT2D eigenvalue weighted by molar-refractivity contribution is -0.193. The second kappa shape index (κ2) is 12.2. The minimum atomic E-state index is -5.08. The van der Waals surface area contributed by atoms with Crippen LogP contribution in [0.2, 0.25) is 0 Å². The minimum absolute atomic E-state index is 0.0589. The van der Waals surface area contributed by atoms with Crippen LogP contribution in [0.3, 0.4) is 0 Å². The van der Waals surface area contributed by atoms with Crippen molar-refractivity contribution in [3.05, 3.63) is 48.3 Å². The molecular weight excluding hydrogens is 525 g/mol. The Morgan fingerprint density at radius 1 is 1.11 bits per heavy atom. The van der Waals surface area contributed by atoms with Gasteiger partial charge in [-0.05, 0) is 30.7 Å². The zero-order chi connectivity index (χ0) is 27.9. The number of hydrogen-bond acceptors (Lipinski definition) is 7. The van der Waals surface area contributed by atoms with Crippen LogP contribution in [-0.2, 0) is 20.9 Å². The van der Waals surface area contributed by atoms with Crippen molar-refractivity contribution in [3.8, 4) is 5.88 Å². The highest BCUT2D eigenvalue weighted by Gasteiger charge is 2.46. The van der Waals surface area contributed by atoms with Gasteiger partial charge in [0, 0.05) is 25.7 Å². The molecule has 2 aliphatic heterocycles. The highest BCUT2D eigenvalue weighted by molar-refractivity contribution is 5.73. The van der Waals surface area contributed by atoms with Crippen molar-refractivity contribution in [2.45, 2.75) is 43.4 Å². The first-order valence-corrected chi connectivity index (χ1v) is 10.4. The van der Waals surface area contributed by atoms with Crippen molar-refractivity contribution < 1.29 is 64.4 Å². The average Bonchev–Trinajstić information content (AvgIpc) is 3.53. The highest BCUT2D eigenvalue weighted by Crippen LogP contribution is 2.37. The van der Waals surface area contributed by atoms with Crippen molar-refractivity contribution in [2.24, 2.45) is 0 Å². The summed E-state index contributed by atoms with van der Waals surface area (Å²) in [5, 5.41) is 14.2. The zero-order valence-corrected chi connectivity index (χ0v) is 18.8. The van der Waals surface area contributed by atoms with Crippen molar-refractivity contribution in [1.82, 2.24) is 9.88 Å². The topological polar surface area (TPSA) is 122 Å². The molecule has 2 aromatic rings. The maximum Gasteiger partial charge on any atom is 0.490 e. The lowest BCUT2D eigenvalue weighted by atomic mass is 9.98. The molecule has 0 bridgehead atoms. The van der Waals surface area contributed by atoms with Crippen molar-refractivity contribution in [3.63, 3.8) is 0 Å². The molecule has 2 saturated heterocycles. The Balaban J connectivity index is 0.000000286. The molecule has 0 radical (unpaired) electrons. The standard InChI is InChI=1S/C17H19FN2O3.2C2HF3O2/c18-15-4-1-6-19-16(15)23-14-9-17(22-11-14)5-7-20(12-17)10-13-3-2-8-21-13;2*3-2(4,5)1(6)7/h1-4,6,8,14H,5,7,9-12H2;2*(H,6,7)/t14-,17+;;/m1../s1. The number of rotatable bonds is 4. The van der Waals surface area contributed by atoms with Crippen LogP contribution in [0.4, 0.5) is 30.7 Å². The van der Waals surface area contributed by atoms with Crippen molar-refractivity contribution in [1.29, 1.82) is 0 Å². The van der Waals surface area contributed by atoms with E-state index in [2.05, 4.69) is 9.88 Å². The van der Waals surface area contributed by atoms with Crippen molar-refractivity contribution in [2.75, 3.05) is 19.7 Å². The number of ether oxygens (including phenoxy) is 2. The molecule has 2 fully saturated rings. The van der Waals surface area contributed by atoms with Crippen LogP contribution in [-0.4, -0.2) is 75.8 Å². The lowest BCUT2D eigenvalue weighted by Crippen LogP contribution is -2.33. The number of aromatic nitrogens is 1. The van der Waals surface area contributed by atoms with Crippen LogP contribution < -0.4 is 4.74 Å². The molecule has 4 rings (SSSR count). The minimum Gasteiger partial charge on any atom is -0.475 e. The number of hydrogen-bond donors (Lipinski definition) is 2. The van der Waals surface area contributed by atoms with Gasteiger partial charge >= 0.3 is 24.3 Å². The van der Waals surface area contributed by atoms with Crippen LogP contribution in [0.1, 0.15) is 18.6 Å². The Morgan fingerprint density at radius 2 is 1.73 bits per heavy atom. The first-order valence-electron chi connectivity index (χ1n) is 10.4. The summed E-state index contributed by atoms with van der Waals surface area (Å²) in [5.41, 5.74) is -0.192. The summed E-state index contributed by atoms with van der Waals surface area (Å²) < 4.78 is 94.2. The molecule has 1 spiro atoms. The average molecular weight is 546 g/mol. The molecule has 0 unspecified atom stereocenters. The van der Waals surface area contributed by atoms with E-state index in [1.807, 2.05) is 12.1 Å². The fraction of sp³-hybridized carbons (Fsp3) is 0.476. The van der Waals surface area contributed by atoms with Gasteiger partial charge in [-0.2, -0.15) is 26.3 Å². The molecule has 2 N–H and O–H groups in total. The van der Waals surface area contributed by atoms with E-state index < -0.39 is 30.1 Å². The van der Waals surface area contributed by atoms with Crippen LogP contribution in [0.15, 0.2) is 41.1 Å². The molecular formula is C21H21F7N2O7. The molecule has 0 aliphatic carbocycles. The second-order valence-electron chi connectivity index (χ2n) is 7.87. The summed E-state index contributed by atoms with van der Waals surface area (Å²) in [6.45, 7) is 3.08. The summed E-state index contributed by atoms with van der Waals surface area (Å²) >= 11 is 0. The van der Waals surface area contributed by atoms with Gasteiger partial charge in [-0.1, -0.05) is 0 Å². The molecule has 16 heteroatoms. The van der Waals surface area contributed by atoms with E-state index in [-0.39, 0.29) is 17.6 Å². The van der Waals surface area contributed by atoms with Gasteiger partial charge in [-0.25, -0.2) is 19.0 Å². The highest BCUT2D eigenvalue weighted by atomic mass is 19.4. The van der Waals surface area contributed by atoms with Gasteiger partial charge in [-0.15, -0.1) is 0 Å². The predicted octanol–water partition coefficient (Wildman–Crippen LogP) is 3.89. The van der Waals surface area contributed by atoms with E-state index >= 15 is 0 Å². The molecule has 4 heterocycles. The molecule has 2 aromatic heterocycles. The first kappa shape index (κ1) is 29.8. The Labute approximate surface area is 204 Å². The number of halogens is 7. The number of furan rings is 1. The molecule has 0 saturated carbocycles. The summed E-state index contributed by atoms with van der Waals surface area (Å²) in [6, 6.07) is 6.79. The number of nitrogens with zero attached hydrogens (tertiary/aromatic N) is 2. The zero-order valence-electron chi connectivity index (χ0n) is 18.8. The number of pyridine rings is 1. The third-order valence-electron chi connectivity index (χ3n) is 5.02. The maximum atomic E-state index is 13.6. The van der Waals surface area contributed by atoms with Gasteiger partial charge in [0.2, 0.25) is 0 Å². The molecule has 37 heavy (non-hydrogen) atoms. The number of aliphatic carboxylic acids is 2. The number of carboxylic acid groups (broad SMARTS) is 2. The third kappa shape index (κ3) is 9.53. The summed E-state index contributed by atoms with van der Waals surface area (Å²) in [5.74, 6) is -4.92. The molecule has 206 valence electrons. The fourth-order valence-electron chi connectivity index (χ4n) is 3.46. The van der Waals surface area contributed by atoms with E-state index in [0.29, 0.717) is 6.61 Å². The molecule has 0 aromatic carbocycles. The molecule has 2 atom stereocenters. The largest absolute Gasteiger partial charge is 0.490 e. The monoisotopic (exact) mass is 546 g/mol. The summed E-state index contributed by atoms with van der Waals surface area (Å²) in [4.78, 5) is 24.1. The van der Waals surface area contributed by atoms with Gasteiger partial charge < -0.3 is 24.1 Å². The quantitative estimate of drug-likeness (QED) is 0.550. The predicted molar refractivity (Wildman–Crippen MR) is 108 cm³/mol. The van der Waals surface area contributed by atoms with Crippen LogP contribution in [0, 0.1) is 5.82 Å². The number of carbonyl (C=O) groups is 2.